The van der Waals surface area contributed by atoms with Gasteiger partial charge in [0.25, 0.3) is 5.56 Å². The summed E-state index contributed by atoms with van der Waals surface area (Å²) in [6.45, 7) is 0. The van der Waals surface area contributed by atoms with Gasteiger partial charge in [0, 0.05) is 33.1 Å². The van der Waals surface area contributed by atoms with Crippen LogP contribution >= 0.6 is 23.2 Å². The van der Waals surface area contributed by atoms with Crippen molar-refractivity contribution in [2.75, 3.05) is 5.32 Å². The fraction of sp³-hybridized carbons (Fsp3) is 0.0556. The molecule has 126 valence electrons. The lowest BCUT2D eigenvalue weighted by atomic mass is 10.2. The van der Waals surface area contributed by atoms with E-state index in [0.29, 0.717) is 21.6 Å². The maximum Gasteiger partial charge on any atom is 0.254 e. The van der Waals surface area contributed by atoms with Gasteiger partial charge in [0.1, 0.15) is 5.82 Å². The normalized spacial score (nSPS) is 10.5. The zero-order chi connectivity index (χ0) is 17.8. The van der Waals surface area contributed by atoms with E-state index in [2.05, 4.69) is 15.3 Å². The summed E-state index contributed by atoms with van der Waals surface area (Å²) in [5, 5.41) is 3.88. The van der Waals surface area contributed by atoms with Crippen molar-refractivity contribution in [1.29, 1.82) is 0 Å². The number of anilines is 1. The number of carbonyl (C=O) groups excluding carboxylic acids is 1. The molecule has 0 unspecified atom stereocenters. The van der Waals surface area contributed by atoms with Gasteiger partial charge >= 0.3 is 0 Å². The molecule has 0 bridgehead atoms. The van der Waals surface area contributed by atoms with E-state index < -0.39 is 0 Å². The molecule has 0 spiro atoms. The van der Waals surface area contributed by atoms with Gasteiger partial charge in [-0.3, -0.25) is 9.59 Å². The molecule has 1 amide bonds. The number of carbonyl (C=O) groups is 1. The third kappa shape index (κ3) is 4.47. The Morgan fingerprint density at radius 2 is 1.60 bits per heavy atom. The monoisotopic (exact) mass is 373 g/mol. The third-order valence-electron chi connectivity index (χ3n) is 3.47. The number of H-pyrrole nitrogens is 1. The third-order valence-corrected chi connectivity index (χ3v) is 3.97. The molecule has 1 heterocycles. The van der Waals surface area contributed by atoms with Crippen molar-refractivity contribution < 1.29 is 4.79 Å². The smallest absolute Gasteiger partial charge is 0.254 e. The highest BCUT2D eigenvalue weighted by atomic mass is 35.5. The summed E-state index contributed by atoms with van der Waals surface area (Å²) in [5.74, 6) is 0.109. The van der Waals surface area contributed by atoms with Crippen LogP contribution in [0.4, 0.5) is 5.69 Å². The van der Waals surface area contributed by atoms with E-state index >= 15 is 0 Å². The fourth-order valence-corrected chi connectivity index (χ4v) is 2.46. The second kappa shape index (κ2) is 7.51. The molecule has 0 aliphatic rings. The first-order valence-corrected chi connectivity index (χ1v) is 8.16. The van der Waals surface area contributed by atoms with Gasteiger partial charge in [-0.1, -0.05) is 23.2 Å². The number of halogens is 2. The van der Waals surface area contributed by atoms with Crippen molar-refractivity contribution in [2.24, 2.45) is 0 Å². The van der Waals surface area contributed by atoms with Crippen LogP contribution in [0.1, 0.15) is 5.56 Å². The summed E-state index contributed by atoms with van der Waals surface area (Å²) < 4.78 is 0. The first-order valence-electron chi connectivity index (χ1n) is 7.41. The number of nitrogens with one attached hydrogen (secondary N) is 2. The minimum absolute atomic E-state index is 0.0775. The van der Waals surface area contributed by atoms with Gasteiger partial charge < -0.3 is 10.3 Å². The topological polar surface area (TPSA) is 74.8 Å². The Morgan fingerprint density at radius 1 is 1.00 bits per heavy atom. The van der Waals surface area contributed by atoms with E-state index in [1.807, 2.05) is 0 Å². The zero-order valence-electron chi connectivity index (χ0n) is 12.9. The largest absolute Gasteiger partial charge is 0.326 e. The zero-order valence-corrected chi connectivity index (χ0v) is 14.4. The molecule has 2 N–H and O–H groups in total. The molecule has 0 fully saturated rings. The van der Waals surface area contributed by atoms with Gasteiger partial charge in [-0.2, -0.15) is 0 Å². The van der Waals surface area contributed by atoms with Crippen molar-refractivity contribution in [2.45, 2.75) is 6.42 Å². The second-order valence-corrected chi connectivity index (χ2v) is 6.20. The highest BCUT2D eigenvalue weighted by Crippen LogP contribution is 2.17. The quantitative estimate of drug-likeness (QED) is 0.727. The van der Waals surface area contributed by atoms with Crippen molar-refractivity contribution in [3.8, 4) is 11.4 Å². The van der Waals surface area contributed by atoms with Gasteiger partial charge in [0.05, 0.1) is 6.42 Å². The van der Waals surface area contributed by atoms with Crippen molar-refractivity contribution in [1.82, 2.24) is 9.97 Å². The van der Waals surface area contributed by atoms with Gasteiger partial charge in [-0.05, 0) is 48.5 Å². The number of hydrogen-bond acceptors (Lipinski definition) is 3. The van der Waals surface area contributed by atoms with Crippen LogP contribution < -0.4 is 10.9 Å². The minimum atomic E-state index is -0.355. The number of amides is 1. The van der Waals surface area contributed by atoms with Crippen molar-refractivity contribution in [3.05, 3.63) is 80.7 Å². The predicted molar refractivity (Wildman–Crippen MR) is 99.1 cm³/mol. The Hall–Kier alpha value is -2.63. The summed E-state index contributed by atoms with van der Waals surface area (Å²) in [6, 6.07) is 13.7. The van der Waals surface area contributed by atoms with E-state index in [4.69, 9.17) is 23.2 Å². The van der Waals surface area contributed by atoms with Crippen LogP contribution in [0.2, 0.25) is 10.0 Å². The van der Waals surface area contributed by atoms with E-state index in [9.17, 15) is 9.59 Å². The summed E-state index contributed by atoms with van der Waals surface area (Å²) in [5.41, 5.74) is 1.27. The molecule has 3 rings (SSSR count). The predicted octanol–water partition coefficient (Wildman–Crippen LogP) is 3.92. The summed E-state index contributed by atoms with van der Waals surface area (Å²) in [4.78, 5) is 31.2. The Bertz CT molecular complexity index is 951. The number of benzene rings is 2. The summed E-state index contributed by atoms with van der Waals surface area (Å²) in [7, 11) is 0. The molecule has 0 radical (unpaired) electrons. The van der Waals surface area contributed by atoms with Gasteiger partial charge in [-0.15, -0.1) is 0 Å². The van der Waals surface area contributed by atoms with Crippen LogP contribution in [-0.4, -0.2) is 15.9 Å². The van der Waals surface area contributed by atoms with Crippen LogP contribution in [0.3, 0.4) is 0 Å². The molecule has 0 saturated carbocycles. The van der Waals surface area contributed by atoms with E-state index in [1.165, 1.54) is 6.20 Å². The first-order chi connectivity index (χ1) is 12.0. The average Bonchev–Trinajstić information content (AvgIpc) is 2.59. The Balaban J connectivity index is 1.72. The Morgan fingerprint density at radius 3 is 2.20 bits per heavy atom. The van der Waals surface area contributed by atoms with E-state index in [0.717, 1.165) is 5.56 Å². The van der Waals surface area contributed by atoms with Crippen LogP contribution in [0.25, 0.3) is 11.4 Å². The molecule has 2 aromatic carbocycles. The summed E-state index contributed by atoms with van der Waals surface area (Å²) in [6.07, 6.45) is 1.33. The molecule has 1 aromatic heterocycles. The highest BCUT2D eigenvalue weighted by Gasteiger charge is 2.10. The van der Waals surface area contributed by atoms with Crippen LogP contribution in [0.5, 0.6) is 0 Å². The molecule has 3 aromatic rings. The standard InChI is InChI=1S/C18H13Cl2N3O2/c19-13-3-1-11(2-4-13)17-21-10-12(18(25)23-17)9-16(24)22-15-7-5-14(20)6-8-15/h1-8,10H,9H2,(H,22,24)(H,21,23,25). The van der Waals surface area contributed by atoms with Crippen LogP contribution in [-0.2, 0) is 11.2 Å². The lowest BCUT2D eigenvalue weighted by Gasteiger charge is -2.06. The van der Waals surface area contributed by atoms with Crippen molar-refractivity contribution in [3.63, 3.8) is 0 Å². The molecular formula is C18H13Cl2N3O2. The molecule has 0 aliphatic carbocycles. The molecule has 0 saturated heterocycles. The average molecular weight is 374 g/mol. The molecule has 0 aliphatic heterocycles. The Kier molecular flexibility index (Phi) is 5.16. The fourth-order valence-electron chi connectivity index (χ4n) is 2.21. The highest BCUT2D eigenvalue weighted by molar-refractivity contribution is 6.30. The summed E-state index contributed by atoms with van der Waals surface area (Å²) >= 11 is 11.6. The lowest BCUT2D eigenvalue weighted by Crippen LogP contribution is -2.22. The first kappa shape index (κ1) is 17.2. The molecule has 25 heavy (non-hydrogen) atoms. The van der Waals surface area contributed by atoms with Crippen LogP contribution in [0, 0.1) is 0 Å². The maximum atomic E-state index is 12.2. The van der Waals surface area contributed by atoms with Crippen LogP contribution in [0.15, 0.2) is 59.5 Å². The number of aromatic amines is 1. The second-order valence-electron chi connectivity index (χ2n) is 5.32. The molecule has 7 heteroatoms. The maximum absolute atomic E-state index is 12.2. The molecular weight excluding hydrogens is 361 g/mol. The number of rotatable bonds is 4. The lowest BCUT2D eigenvalue weighted by molar-refractivity contribution is -0.115. The molecule has 5 nitrogen and oxygen atoms in total. The number of hydrogen-bond donors (Lipinski definition) is 2. The van der Waals surface area contributed by atoms with Gasteiger partial charge in [0.15, 0.2) is 0 Å². The SMILES string of the molecule is O=C(Cc1cnc(-c2ccc(Cl)cc2)[nH]c1=O)Nc1ccc(Cl)cc1. The Labute approximate surface area is 153 Å². The van der Waals surface area contributed by atoms with Gasteiger partial charge in [0.2, 0.25) is 5.91 Å². The van der Waals surface area contributed by atoms with Crippen molar-refractivity contribution >= 4 is 34.8 Å². The van der Waals surface area contributed by atoms with E-state index in [-0.39, 0.29) is 23.5 Å². The van der Waals surface area contributed by atoms with E-state index in [1.54, 1.807) is 48.5 Å². The van der Waals surface area contributed by atoms with Gasteiger partial charge in [-0.25, -0.2) is 4.98 Å². The number of nitrogens with zero attached hydrogens (tertiary/aromatic N) is 1. The number of aromatic nitrogens is 2. The molecule has 0 atom stereocenters. The minimum Gasteiger partial charge on any atom is -0.326 e.